The van der Waals surface area contributed by atoms with E-state index in [1.54, 1.807) is 0 Å². The first kappa shape index (κ1) is 56.4. The van der Waals surface area contributed by atoms with Crippen molar-refractivity contribution in [1.29, 1.82) is 0 Å². The molecule has 0 spiro atoms. The predicted octanol–water partition coefficient (Wildman–Crippen LogP) is 13.5. The van der Waals surface area contributed by atoms with Gasteiger partial charge in [-0.3, -0.25) is 0 Å². The zero-order valence-electron chi connectivity index (χ0n) is 38.8. The molecular formula is C50H103NO4. The van der Waals surface area contributed by atoms with Crippen LogP contribution in [0.1, 0.15) is 273 Å². The maximum atomic E-state index is 8.89. The van der Waals surface area contributed by atoms with Crippen LogP contribution in [0.3, 0.4) is 0 Å². The molecule has 0 fully saturated rings. The highest BCUT2D eigenvalue weighted by molar-refractivity contribution is 5.60. The van der Waals surface area contributed by atoms with Gasteiger partial charge in [-0.25, -0.2) is 0 Å². The molecule has 1 N–H and O–H groups in total. The number of ether oxygens (including phenoxy) is 2. The Hall–Kier alpha value is -0.650. The summed E-state index contributed by atoms with van der Waals surface area (Å²) in [6.07, 6.45) is 51.4. The minimum Gasteiger partial charge on any atom is -0.550 e. The van der Waals surface area contributed by atoms with Gasteiger partial charge in [0.2, 0.25) is 0 Å². The van der Waals surface area contributed by atoms with Crippen molar-refractivity contribution < 1.29 is 24.3 Å². The van der Waals surface area contributed by atoms with Crippen LogP contribution in [0.2, 0.25) is 0 Å². The largest absolute Gasteiger partial charge is 0.550 e. The van der Waals surface area contributed by atoms with Crippen LogP contribution < -0.4 is 10.0 Å². The van der Waals surface area contributed by atoms with Gasteiger partial charge in [0.25, 0.3) is 0 Å². The lowest BCUT2D eigenvalue weighted by molar-refractivity contribution is -0.901. The highest BCUT2D eigenvalue weighted by Gasteiger charge is 2.17. The lowest BCUT2D eigenvalue weighted by Crippen LogP contribution is -3.12. The zero-order valence-corrected chi connectivity index (χ0v) is 38.8. The van der Waals surface area contributed by atoms with Crippen LogP contribution in [0.25, 0.3) is 0 Å². The molecule has 0 saturated carbocycles. The quantitative estimate of drug-likeness (QED) is 0.0625. The summed E-state index contributed by atoms with van der Waals surface area (Å²) in [4.78, 5) is 10.7. The van der Waals surface area contributed by atoms with E-state index in [-0.39, 0.29) is 0 Å². The molecule has 55 heavy (non-hydrogen) atoms. The predicted molar refractivity (Wildman–Crippen MR) is 240 cm³/mol. The van der Waals surface area contributed by atoms with Gasteiger partial charge in [-0.2, -0.15) is 0 Å². The summed E-state index contributed by atoms with van der Waals surface area (Å²) in [5.74, 6) is -1.08. The van der Waals surface area contributed by atoms with Crippen LogP contribution in [-0.2, 0) is 14.3 Å². The summed E-state index contributed by atoms with van der Waals surface area (Å²) >= 11 is 0. The summed E-state index contributed by atoms with van der Waals surface area (Å²) in [6, 6.07) is 0. The zero-order chi connectivity index (χ0) is 40.7. The van der Waals surface area contributed by atoms with Gasteiger partial charge >= 0.3 is 0 Å². The van der Waals surface area contributed by atoms with Crippen LogP contribution in [-0.4, -0.2) is 51.0 Å². The van der Waals surface area contributed by atoms with Crippen LogP contribution >= 0.6 is 0 Å². The van der Waals surface area contributed by atoms with E-state index in [9.17, 15) is 0 Å². The van der Waals surface area contributed by atoms with E-state index in [4.69, 9.17) is 19.4 Å². The van der Waals surface area contributed by atoms with Crippen LogP contribution in [0.5, 0.6) is 0 Å². The summed E-state index contributed by atoms with van der Waals surface area (Å²) < 4.78 is 12.7. The number of carboxylic acids is 1. The number of quaternary nitrogens is 1. The molecule has 0 aliphatic carbocycles. The van der Waals surface area contributed by atoms with Gasteiger partial charge in [-0.15, -0.1) is 0 Å². The first-order valence-corrected chi connectivity index (χ1v) is 25.2. The summed E-state index contributed by atoms with van der Waals surface area (Å²) in [5, 5.41) is 8.89. The molecule has 0 heterocycles. The first-order chi connectivity index (χ1) is 26.9. The van der Waals surface area contributed by atoms with Gasteiger partial charge in [0.1, 0.15) is 0 Å². The van der Waals surface area contributed by atoms with Crippen LogP contribution in [0.4, 0.5) is 0 Å². The second kappa shape index (κ2) is 49.5. The summed E-state index contributed by atoms with van der Waals surface area (Å²) in [5.41, 5.74) is 0. The molecule has 0 aromatic heterocycles. The second-order valence-electron chi connectivity index (χ2n) is 17.1. The third kappa shape index (κ3) is 49.4. The Morgan fingerprint density at radius 3 is 0.873 bits per heavy atom. The van der Waals surface area contributed by atoms with Gasteiger partial charge in [0, 0.05) is 32.0 Å². The highest BCUT2D eigenvalue weighted by atomic mass is 16.5. The molecule has 0 aromatic rings. The number of nitrogens with one attached hydrogen (secondary N) is 1. The van der Waals surface area contributed by atoms with Crippen molar-refractivity contribution in [2.75, 3.05) is 32.8 Å². The number of aliphatic carboxylic acids is 1. The van der Waals surface area contributed by atoms with Gasteiger partial charge in [0.05, 0.1) is 31.8 Å². The molecule has 0 aliphatic heterocycles. The maximum absolute atomic E-state index is 8.89. The number of rotatable bonds is 45. The molecular weight excluding hydrogens is 679 g/mol. The standard InChI is InChI=1S/C48H99NO2.C2H4O2/c1-6-11-14-17-20-22-24-26-28-30-32-34-37-40-47(50-9-4)42-45-49(44-39-36-19-16-13-8-3)46-43-48(51-10-5)41-38-35-33-31-29-27-25-23-21-18-15-12-7-2;1-2(3)4/h47-48H,6-46H2,1-5H3;1H3,(H,3,4). The van der Waals surface area contributed by atoms with E-state index >= 15 is 0 Å². The third-order valence-corrected chi connectivity index (χ3v) is 11.6. The molecule has 0 radical (unpaired) electrons. The molecule has 5 nitrogen and oxygen atoms in total. The van der Waals surface area contributed by atoms with E-state index in [2.05, 4.69) is 34.6 Å². The van der Waals surface area contributed by atoms with Crippen molar-refractivity contribution in [3.8, 4) is 0 Å². The number of carbonyl (C=O) groups excluding carboxylic acids is 1. The van der Waals surface area contributed by atoms with Crippen molar-refractivity contribution in [3.05, 3.63) is 0 Å². The number of hydrogen-bond donors (Lipinski definition) is 1. The monoisotopic (exact) mass is 782 g/mol. The minimum atomic E-state index is -1.08. The molecule has 0 saturated heterocycles. The Labute approximate surface area is 347 Å². The molecule has 0 bridgehead atoms. The Kier molecular flexibility index (Phi) is 50.8. The van der Waals surface area contributed by atoms with Gasteiger partial charge in [-0.05, 0) is 46.5 Å². The molecule has 0 aromatic carbocycles. The topological polar surface area (TPSA) is 63.0 Å². The molecule has 0 rings (SSSR count). The summed E-state index contributed by atoms with van der Waals surface area (Å²) in [6.45, 7) is 17.9. The van der Waals surface area contributed by atoms with Gasteiger partial charge in [-0.1, -0.05) is 213 Å². The molecule has 332 valence electrons. The fraction of sp³-hybridized carbons (Fsp3) is 0.980. The van der Waals surface area contributed by atoms with E-state index < -0.39 is 5.97 Å². The van der Waals surface area contributed by atoms with Crippen molar-refractivity contribution in [2.24, 2.45) is 0 Å². The summed E-state index contributed by atoms with van der Waals surface area (Å²) in [7, 11) is 0. The minimum absolute atomic E-state index is 0.454. The van der Waals surface area contributed by atoms with E-state index in [1.807, 2.05) is 4.90 Å². The normalized spacial score (nSPS) is 13.1. The van der Waals surface area contributed by atoms with Crippen molar-refractivity contribution >= 4 is 5.97 Å². The van der Waals surface area contributed by atoms with E-state index in [1.165, 1.54) is 251 Å². The average molecular weight is 782 g/mol. The smallest absolute Gasteiger partial charge is 0.0796 e. The Morgan fingerprint density at radius 1 is 0.382 bits per heavy atom. The van der Waals surface area contributed by atoms with E-state index in [0.717, 1.165) is 20.1 Å². The maximum Gasteiger partial charge on any atom is 0.0796 e. The number of carboxylic acid groups (broad SMARTS) is 1. The van der Waals surface area contributed by atoms with Crippen molar-refractivity contribution in [2.45, 2.75) is 285 Å². The highest BCUT2D eigenvalue weighted by Crippen LogP contribution is 2.17. The second-order valence-corrected chi connectivity index (χ2v) is 17.1. The Balaban J connectivity index is 0. The fourth-order valence-corrected chi connectivity index (χ4v) is 8.13. The van der Waals surface area contributed by atoms with Crippen molar-refractivity contribution in [3.63, 3.8) is 0 Å². The molecule has 2 unspecified atom stereocenters. The number of unbranched alkanes of at least 4 members (excludes halogenated alkanes) is 29. The molecule has 2 atom stereocenters. The molecule has 0 aliphatic rings. The van der Waals surface area contributed by atoms with E-state index in [0.29, 0.717) is 12.2 Å². The molecule has 0 amide bonds. The van der Waals surface area contributed by atoms with Crippen LogP contribution in [0.15, 0.2) is 0 Å². The van der Waals surface area contributed by atoms with Crippen molar-refractivity contribution in [1.82, 2.24) is 0 Å². The number of hydrogen-bond acceptors (Lipinski definition) is 4. The first-order valence-electron chi connectivity index (χ1n) is 25.2. The van der Waals surface area contributed by atoms with Gasteiger partial charge in [0.15, 0.2) is 0 Å². The third-order valence-electron chi connectivity index (χ3n) is 11.6. The average Bonchev–Trinajstić information content (AvgIpc) is 3.16. The van der Waals surface area contributed by atoms with Crippen LogP contribution in [0, 0.1) is 0 Å². The lowest BCUT2D eigenvalue weighted by atomic mass is 10.0. The SMILES string of the molecule is CC(=O)[O-].CCCCCCCCCCCCCCCC(CC[NH+](CCCCCCCC)CCC(CCCCCCCCCCCCCCC)OCC)OCC. The number of carbonyl (C=O) groups is 1. The van der Waals surface area contributed by atoms with Gasteiger partial charge < -0.3 is 24.3 Å². The molecule has 5 heteroatoms. The Morgan fingerprint density at radius 2 is 0.618 bits per heavy atom. The fourth-order valence-electron chi connectivity index (χ4n) is 8.13. The lowest BCUT2D eigenvalue weighted by Gasteiger charge is -2.25. The Bertz CT molecular complexity index is 655.